The molecule has 2 fully saturated rings. The second kappa shape index (κ2) is 23.9. The molecule has 3 aliphatic heterocycles. The number of carbonyl (C=O) groups excluding carboxylic acids is 5. The molecule has 17 nitrogen and oxygen atoms in total. The molecular formula is C43H69NO16. The maximum atomic E-state index is 13.7. The SMILES string of the molecule is CC[C@H]1OC(=O)C[C@@H](O)[C@H](C)[C@@H](O[C@@H]2OC(C)[C@@H](OC(C)=O)C(N(C)C)C2OC(C)=O)[C@@H](CC=O)C[C@@H](C)C(=O)/C=C/C(C)=C/[C@@H]1CO[C@@H]1OC(C)[C@@H](O)[C@H](OC)C1OC. The quantitative estimate of drug-likeness (QED) is 0.155. The van der Waals surface area contributed by atoms with Crippen molar-refractivity contribution in [1.82, 2.24) is 4.90 Å². The third kappa shape index (κ3) is 13.7. The van der Waals surface area contributed by atoms with Crippen molar-refractivity contribution in [3.05, 3.63) is 23.8 Å². The van der Waals surface area contributed by atoms with Gasteiger partial charge in [-0.25, -0.2) is 0 Å². The van der Waals surface area contributed by atoms with E-state index < -0.39 is 128 Å². The molecule has 0 aromatic rings. The van der Waals surface area contributed by atoms with Gasteiger partial charge < -0.3 is 57.6 Å². The van der Waals surface area contributed by atoms with Crippen LogP contribution in [-0.4, -0.2) is 160 Å². The van der Waals surface area contributed by atoms with Gasteiger partial charge in [-0.3, -0.25) is 24.1 Å². The smallest absolute Gasteiger partial charge is 0.308 e. The van der Waals surface area contributed by atoms with Gasteiger partial charge in [0.15, 0.2) is 24.5 Å². The van der Waals surface area contributed by atoms with Crippen LogP contribution in [0.5, 0.6) is 0 Å². The zero-order valence-corrected chi connectivity index (χ0v) is 37.2. The summed E-state index contributed by atoms with van der Waals surface area (Å²) in [5, 5.41) is 22.4. The monoisotopic (exact) mass is 855 g/mol. The summed E-state index contributed by atoms with van der Waals surface area (Å²) in [5.74, 6) is -4.86. The number of methoxy groups -OCH3 is 2. The molecule has 0 amide bonds. The zero-order valence-electron chi connectivity index (χ0n) is 37.2. The van der Waals surface area contributed by atoms with Crippen LogP contribution in [-0.2, 0) is 66.6 Å². The van der Waals surface area contributed by atoms with E-state index in [1.807, 2.05) is 13.0 Å². The molecule has 3 aliphatic rings. The summed E-state index contributed by atoms with van der Waals surface area (Å²) in [4.78, 5) is 66.1. The van der Waals surface area contributed by atoms with Gasteiger partial charge in [-0.2, -0.15) is 0 Å². The van der Waals surface area contributed by atoms with E-state index in [9.17, 15) is 34.2 Å². The molecule has 5 unspecified atom stereocenters. The van der Waals surface area contributed by atoms with Crippen molar-refractivity contribution >= 4 is 30.0 Å². The number of esters is 3. The Balaban J connectivity index is 2.03. The fraction of sp³-hybridized carbons (Fsp3) is 0.791. The van der Waals surface area contributed by atoms with Gasteiger partial charge in [0.2, 0.25) is 0 Å². The highest BCUT2D eigenvalue weighted by Crippen LogP contribution is 2.36. The van der Waals surface area contributed by atoms with Gasteiger partial charge in [0.1, 0.15) is 36.8 Å². The van der Waals surface area contributed by atoms with Crippen LogP contribution < -0.4 is 0 Å². The van der Waals surface area contributed by atoms with E-state index in [1.54, 1.807) is 59.7 Å². The summed E-state index contributed by atoms with van der Waals surface area (Å²) in [6, 6.07) is -0.733. The number of allylic oxidation sites excluding steroid dienone is 3. The summed E-state index contributed by atoms with van der Waals surface area (Å²) in [5.41, 5.74) is 0.680. The predicted octanol–water partition coefficient (Wildman–Crippen LogP) is 2.70. The van der Waals surface area contributed by atoms with Crippen LogP contribution in [0.25, 0.3) is 0 Å². The Morgan fingerprint density at radius 2 is 1.50 bits per heavy atom. The fourth-order valence-corrected chi connectivity index (χ4v) is 8.39. The fourth-order valence-electron chi connectivity index (χ4n) is 8.39. The van der Waals surface area contributed by atoms with Crippen molar-refractivity contribution in [2.45, 2.75) is 161 Å². The average Bonchev–Trinajstić information content (AvgIpc) is 3.17. The summed E-state index contributed by atoms with van der Waals surface area (Å²) in [7, 11) is 6.38. The Hall–Kier alpha value is -3.13. The molecule has 3 heterocycles. The van der Waals surface area contributed by atoms with Gasteiger partial charge in [0.25, 0.3) is 0 Å². The Kier molecular flexibility index (Phi) is 20.4. The minimum atomic E-state index is -1.37. The molecule has 17 heteroatoms. The molecule has 60 heavy (non-hydrogen) atoms. The maximum absolute atomic E-state index is 13.7. The molecule has 0 spiro atoms. The van der Waals surface area contributed by atoms with Crippen molar-refractivity contribution in [3.8, 4) is 0 Å². The van der Waals surface area contributed by atoms with Gasteiger partial charge in [0, 0.05) is 52.2 Å². The Labute approximate surface area is 354 Å². The Morgan fingerprint density at radius 1 is 0.883 bits per heavy atom. The van der Waals surface area contributed by atoms with Crippen LogP contribution in [0.2, 0.25) is 0 Å². The van der Waals surface area contributed by atoms with Crippen molar-refractivity contribution in [3.63, 3.8) is 0 Å². The van der Waals surface area contributed by atoms with Crippen molar-refractivity contribution in [2.75, 3.05) is 34.9 Å². The number of hydrogen-bond donors (Lipinski definition) is 2. The summed E-state index contributed by atoms with van der Waals surface area (Å²) in [6.07, 6.45) is -5.58. The second-order valence-corrected chi connectivity index (χ2v) is 16.5. The number of carbonyl (C=O) groups is 5. The lowest BCUT2D eigenvalue weighted by molar-refractivity contribution is -0.308. The van der Waals surface area contributed by atoms with E-state index in [4.69, 9.17) is 42.6 Å². The number of ether oxygens (including phenoxy) is 9. The first-order valence-electron chi connectivity index (χ1n) is 20.8. The predicted molar refractivity (Wildman–Crippen MR) is 215 cm³/mol. The minimum absolute atomic E-state index is 0.0110. The molecule has 0 saturated carbocycles. The van der Waals surface area contributed by atoms with Crippen LogP contribution in [0.1, 0.15) is 81.1 Å². The van der Waals surface area contributed by atoms with E-state index >= 15 is 0 Å². The summed E-state index contributed by atoms with van der Waals surface area (Å²) < 4.78 is 53.8. The first-order chi connectivity index (χ1) is 28.3. The molecule has 342 valence electrons. The number of hydrogen-bond acceptors (Lipinski definition) is 17. The maximum Gasteiger partial charge on any atom is 0.308 e. The highest BCUT2D eigenvalue weighted by molar-refractivity contribution is 5.91. The largest absolute Gasteiger partial charge is 0.462 e. The number of aliphatic hydroxyl groups is 2. The van der Waals surface area contributed by atoms with Crippen LogP contribution in [0.4, 0.5) is 0 Å². The van der Waals surface area contributed by atoms with E-state index in [1.165, 1.54) is 34.1 Å². The molecule has 0 bridgehead atoms. The lowest BCUT2D eigenvalue weighted by atomic mass is 9.79. The van der Waals surface area contributed by atoms with Crippen LogP contribution in [0, 0.1) is 23.7 Å². The number of aliphatic hydroxyl groups excluding tert-OH is 2. The second-order valence-electron chi connectivity index (χ2n) is 16.5. The van der Waals surface area contributed by atoms with Crippen LogP contribution in [0.15, 0.2) is 23.8 Å². The number of rotatable bonds is 13. The molecule has 17 atom stereocenters. The summed E-state index contributed by atoms with van der Waals surface area (Å²) >= 11 is 0. The standard InChI is InChI=1S/C43H69NO16/c1-13-33-30(21-54-42-41(53-12)40(52-11)36(51)25(5)55-42)18-22(2)14-15-31(48)23(3)19-29(16-17-45)37(24(4)32(49)20-34(50)59-33)60-43-39(58-28(8)47)35(44(9)10)38(26(6)56-43)57-27(7)46/h14-15,17-18,23-26,29-30,32-33,35-43,49,51H,13,16,19-21H2,1-12H3/b15-14+,22-18+/t23-,24+,25?,26?,29+,30-,32-,33-,35?,36-,37-,38-,39?,40+,41?,42-,43+/m1/s1. The van der Waals surface area contributed by atoms with Gasteiger partial charge in [-0.05, 0) is 59.7 Å². The molecule has 3 rings (SSSR count). The van der Waals surface area contributed by atoms with Gasteiger partial charge in [0.05, 0.1) is 43.5 Å². The van der Waals surface area contributed by atoms with E-state index in [0.29, 0.717) is 18.3 Å². The highest BCUT2D eigenvalue weighted by atomic mass is 16.7. The number of ketones is 1. The Bertz CT molecular complexity index is 1490. The molecule has 2 saturated heterocycles. The number of cyclic esters (lactones) is 1. The van der Waals surface area contributed by atoms with Gasteiger partial charge >= 0.3 is 17.9 Å². The topological polar surface area (TPSA) is 212 Å². The number of likely N-dealkylation sites (N-methyl/N-ethyl adjacent to an activating group) is 1. The molecule has 2 N–H and O–H groups in total. The molecule has 0 aromatic heterocycles. The lowest BCUT2D eigenvalue weighted by Crippen LogP contribution is -2.65. The number of nitrogens with zero attached hydrogens (tertiary/aromatic N) is 1. The van der Waals surface area contributed by atoms with Crippen molar-refractivity contribution < 1.29 is 76.8 Å². The van der Waals surface area contributed by atoms with Crippen LogP contribution in [0.3, 0.4) is 0 Å². The van der Waals surface area contributed by atoms with E-state index in [-0.39, 0.29) is 25.2 Å². The minimum Gasteiger partial charge on any atom is -0.462 e. The highest BCUT2D eigenvalue weighted by Gasteiger charge is 2.52. The zero-order chi connectivity index (χ0) is 45.0. The van der Waals surface area contributed by atoms with Gasteiger partial charge in [-0.1, -0.05) is 38.5 Å². The van der Waals surface area contributed by atoms with Crippen molar-refractivity contribution in [1.29, 1.82) is 0 Å². The van der Waals surface area contributed by atoms with Crippen LogP contribution >= 0.6 is 0 Å². The normalized spacial score (nSPS) is 40.2. The van der Waals surface area contributed by atoms with Crippen molar-refractivity contribution in [2.24, 2.45) is 23.7 Å². The molecule has 0 aliphatic carbocycles. The molecular weight excluding hydrogens is 786 g/mol. The summed E-state index contributed by atoms with van der Waals surface area (Å²) in [6.45, 7) is 12.9. The third-order valence-electron chi connectivity index (χ3n) is 11.7. The Morgan fingerprint density at radius 3 is 2.07 bits per heavy atom. The van der Waals surface area contributed by atoms with E-state index in [2.05, 4.69) is 0 Å². The molecule has 0 aromatic carbocycles. The number of aldehydes is 1. The third-order valence-corrected chi connectivity index (χ3v) is 11.7. The lowest BCUT2D eigenvalue weighted by Gasteiger charge is -2.48. The van der Waals surface area contributed by atoms with E-state index in [0.717, 1.165) is 0 Å². The first-order valence-corrected chi connectivity index (χ1v) is 20.8. The first kappa shape index (κ1) is 51.2. The molecule has 0 radical (unpaired) electrons. The average molecular weight is 856 g/mol. The van der Waals surface area contributed by atoms with Gasteiger partial charge in [-0.15, -0.1) is 0 Å².